The van der Waals surface area contributed by atoms with E-state index in [1.54, 1.807) is 11.2 Å². The first-order valence-electron chi connectivity index (χ1n) is 9.55. The molecular formula is C19H24N4O5. The highest BCUT2D eigenvalue weighted by molar-refractivity contribution is 5.75. The van der Waals surface area contributed by atoms with Crippen molar-refractivity contribution in [2.75, 3.05) is 69.2 Å². The molecule has 9 nitrogen and oxygen atoms in total. The number of hydrogen-bond acceptors (Lipinski definition) is 8. The largest absolute Gasteiger partial charge is 0.468 e. The van der Waals surface area contributed by atoms with Crippen molar-refractivity contribution >= 4 is 17.8 Å². The van der Waals surface area contributed by atoms with Crippen molar-refractivity contribution in [1.82, 2.24) is 9.80 Å². The Hall–Kier alpha value is -2.65. The third-order valence-corrected chi connectivity index (χ3v) is 5.49. The number of carbonyl (C=O) groups excluding carboxylic acids is 1. The Balaban J connectivity index is 1.48. The molecule has 0 bridgehead atoms. The summed E-state index contributed by atoms with van der Waals surface area (Å²) in [4.78, 5) is 41.1. The van der Waals surface area contributed by atoms with Gasteiger partial charge in [-0.2, -0.15) is 0 Å². The highest BCUT2D eigenvalue weighted by Crippen LogP contribution is 2.26. The molecule has 0 radical (unpaired) electrons. The minimum Gasteiger partial charge on any atom is -0.468 e. The number of piperazine rings is 1. The lowest BCUT2D eigenvalue weighted by Gasteiger charge is -2.36. The standard InChI is InChI=1S/C19H24N4O5/c24-13-21-3-5-23(6-4-21)17-16(18(25)19(17)26)20-12-14(15-2-1-9-28-15)22-7-10-27-11-8-22/h1-2,9,13-14,20H,3-8,10-12H2/t14-/m0/s1. The Bertz CT molecular complexity index is 860. The average Bonchev–Trinajstić information content (AvgIpc) is 3.28. The molecule has 2 aliphatic heterocycles. The second-order valence-electron chi connectivity index (χ2n) is 7.07. The van der Waals surface area contributed by atoms with Gasteiger partial charge in [-0.1, -0.05) is 0 Å². The Morgan fingerprint density at radius 3 is 2.46 bits per heavy atom. The van der Waals surface area contributed by atoms with Gasteiger partial charge in [0.05, 0.1) is 25.5 Å². The molecule has 4 rings (SSSR count). The summed E-state index contributed by atoms with van der Waals surface area (Å²) in [7, 11) is 0. The van der Waals surface area contributed by atoms with Crippen LogP contribution in [0.25, 0.3) is 0 Å². The fraction of sp³-hybridized carbons (Fsp3) is 0.526. The van der Waals surface area contributed by atoms with Crippen molar-refractivity contribution in [2.24, 2.45) is 0 Å². The summed E-state index contributed by atoms with van der Waals surface area (Å²) in [5.41, 5.74) is -0.124. The van der Waals surface area contributed by atoms with Crippen LogP contribution in [0.15, 0.2) is 32.4 Å². The van der Waals surface area contributed by atoms with Gasteiger partial charge in [-0.3, -0.25) is 19.3 Å². The predicted molar refractivity (Wildman–Crippen MR) is 104 cm³/mol. The van der Waals surface area contributed by atoms with Crippen molar-refractivity contribution in [1.29, 1.82) is 0 Å². The van der Waals surface area contributed by atoms with Gasteiger partial charge in [-0.15, -0.1) is 0 Å². The fourth-order valence-electron chi connectivity index (χ4n) is 3.87. The lowest BCUT2D eigenvalue weighted by atomic mass is 10.1. The third-order valence-electron chi connectivity index (χ3n) is 5.49. The van der Waals surface area contributed by atoms with Crippen molar-refractivity contribution in [2.45, 2.75) is 6.04 Å². The molecule has 28 heavy (non-hydrogen) atoms. The van der Waals surface area contributed by atoms with Gasteiger partial charge in [0, 0.05) is 45.8 Å². The molecule has 1 N–H and O–H groups in total. The monoisotopic (exact) mass is 388 g/mol. The fourth-order valence-corrected chi connectivity index (χ4v) is 3.87. The molecule has 2 saturated heterocycles. The zero-order chi connectivity index (χ0) is 19.5. The van der Waals surface area contributed by atoms with E-state index < -0.39 is 10.9 Å². The lowest BCUT2D eigenvalue weighted by Crippen LogP contribution is -2.51. The minimum absolute atomic E-state index is 0.0527. The molecule has 150 valence electrons. The number of hydrogen-bond donors (Lipinski definition) is 1. The van der Waals surface area contributed by atoms with E-state index in [4.69, 9.17) is 9.15 Å². The van der Waals surface area contributed by atoms with E-state index in [2.05, 4.69) is 10.2 Å². The number of rotatable bonds is 7. The van der Waals surface area contributed by atoms with Crippen molar-refractivity contribution < 1.29 is 13.9 Å². The van der Waals surface area contributed by atoms with Crippen LogP contribution in [-0.2, 0) is 9.53 Å². The highest BCUT2D eigenvalue weighted by Gasteiger charge is 2.30. The maximum absolute atomic E-state index is 12.2. The molecular weight excluding hydrogens is 364 g/mol. The zero-order valence-electron chi connectivity index (χ0n) is 15.6. The summed E-state index contributed by atoms with van der Waals surface area (Å²) < 4.78 is 11.0. The number of furan rings is 1. The Labute approximate surface area is 162 Å². The van der Waals surface area contributed by atoms with E-state index in [-0.39, 0.29) is 6.04 Å². The van der Waals surface area contributed by atoms with E-state index in [1.165, 1.54) is 0 Å². The summed E-state index contributed by atoms with van der Waals surface area (Å²) in [6.07, 6.45) is 2.45. The van der Waals surface area contributed by atoms with Crippen LogP contribution in [-0.4, -0.2) is 75.2 Å². The number of nitrogens with zero attached hydrogens (tertiary/aromatic N) is 3. The summed E-state index contributed by atoms with van der Waals surface area (Å²) >= 11 is 0. The Morgan fingerprint density at radius 2 is 1.82 bits per heavy atom. The number of amides is 1. The van der Waals surface area contributed by atoms with Gasteiger partial charge >= 0.3 is 0 Å². The van der Waals surface area contributed by atoms with Crippen LogP contribution in [0, 0.1) is 0 Å². The normalized spacial score (nSPS) is 19.7. The van der Waals surface area contributed by atoms with Gasteiger partial charge in [0.25, 0.3) is 10.9 Å². The SMILES string of the molecule is O=CN1CCN(c2c(NC[C@@H](c3ccco3)N3CCOCC3)c(=O)c2=O)CC1. The van der Waals surface area contributed by atoms with Gasteiger partial charge in [0.2, 0.25) is 6.41 Å². The summed E-state index contributed by atoms with van der Waals surface area (Å²) in [5.74, 6) is 0.814. The smallest absolute Gasteiger partial charge is 0.253 e. The number of ether oxygens (including phenoxy) is 1. The molecule has 3 heterocycles. The van der Waals surface area contributed by atoms with Crippen LogP contribution in [0.2, 0.25) is 0 Å². The van der Waals surface area contributed by atoms with Crippen molar-refractivity contribution in [3.05, 3.63) is 44.6 Å². The van der Waals surface area contributed by atoms with Gasteiger partial charge in [0.15, 0.2) is 0 Å². The van der Waals surface area contributed by atoms with Crippen LogP contribution in [0.4, 0.5) is 11.4 Å². The van der Waals surface area contributed by atoms with Gasteiger partial charge in [-0.05, 0) is 12.1 Å². The molecule has 0 aliphatic carbocycles. The Kier molecular flexibility index (Phi) is 5.45. The van der Waals surface area contributed by atoms with Crippen LogP contribution < -0.4 is 21.1 Å². The average molecular weight is 388 g/mol. The Morgan fingerprint density at radius 1 is 1.07 bits per heavy atom. The number of nitrogens with one attached hydrogen (secondary N) is 1. The van der Waals surface area contributed by atoms with E-state index >= 15 is 0 Å². The minimum atomic E-state index is -0.479. The first-order valence-corrected chi connectivity index (χ1v) is 9.55. The highest BCUT2D eigenvalue weighted by atomic mass is 16.5. The molecule has 2 aliphatic rings. The summed E-state index contributed by atoms with van der Waals surface area (Å²) in [6, 6.07) is 3.71. The molecule has 1 aromatic heterocycles. The number of carbonyl (C=O) groups is 1. The predicted octanol–water partition coefficient (Wildman–Crippen LogP) is -0.361. The second-order valence-corrected chi connectivity index (χ2v) is 7.07. The number of anilines is 2. The second kappa shape index (κ2) is 8.15. The summed E-state index contributed by atoms with van der Waals surface area (Å²) in [6.45, 7) is 5.51. The lowest BCUT2D eigenvalue weighted by molar-refractivity contribution is -0.118. The van der Waals surface area contributed by atoms with Crippen molar-refractivity contribution in [3.63, 3.8) is 0 Å². The molecule has 1 aromatic carbocycles. The van der Waals surface area contributed by atoms with Gasteiger partial charge < -0.3 is 24.3 Å². The molecule has 2 aromatic rings. The van der Waals surface area contributed by atoms with Gasteiger partial charge in [0.1, 0.15) is 17.1 Å². The van der Waals surface area contributed by atoms with Crippen LogP contribution >= 0.6 is 0 Å². The molecule has 0 spiro atoms. The zero-order valence-corrected chi connectivity index (χ0v) is 15.6. The molecule has 1 atom stereocenters. The topological polar surface area (TPSA) is 95.3 Å². The summed E-state index contributed by atoms with van der Waals surface area (Å²) in [5, 5.41) is 3.20. The van der Waals surface area contributed by atoms with E-state index in [0.717, 1.165) is 25.3 Å². The van der Waals surface area contributed by atoms with Crippen molar-refractivity contribution in [3.8, 4) is 0 Å². The molecule has 1 amide bonds. The first kappa shape index (κ1) is 18.7. The molecule has 2 fully saturated rings. The van der Waals surface area contributed by atoms with Crippen LogP contribution in [0.3, 0.4) is 0 Å². The maximum Gasteiger partial charge on any atom is 0.253 e. The van der Waals surface area contributed by atoms with E-state index in [1.807, 2.05) is 17.0 Å². The number of morpholine rings is 1. The third kappa shape index (κ3) is 3.55. The van der Waals surface area contributed by atoms with Crippen LogP contribution in [0.1, 0.15) is 11.8 Å². The molecule has 0 saturated carbocycles. The molecule has 0 unspecified atom stereocenters. The first-order chi connectivity index (χ1) is 13.7. The quantitative estimate of drug-likeness (QED) is 0.508. The van der Waals surface area contributed by atoms with Crippen LogP contribution in [0.5, 0.6) is 0 Å². The van der Waals surface area contributed by atoms with Gasteiger partial charge in [-0.25, -0.2) is 0 Å². The molecule has 9 heteroatoms. The van der Waals surface area contributed by atoms with E-state index in [0.29, 0.717) is 57.3 Å². The van der Waals surface area contributed by atoms with E-state index in [9.17, 15) is 14.4 Å². The maximum atomic E-state index is 12.2.